The molecule has 176 valence electrons. The number of carbonyl (C=O) groups is 2. The Bertz CT molecular complexity index is 1410. The van der Waals surface area contributed by atoms with Crippen molar-refractivity contribution in [2.45, 2.75) is 42.4 Å². The Kier molecular flexibility index (Phi) is 4.48. The van der Waals surface area contributed by atoms with Gasteiger partial charge in [-0.15, -0.1) is 0 Å². The van der Waals surface area contributed by atoms with Gasteiger partial charge in [-0.1, -0.05) is 53.9 Å². The first-order valence-corrected chi connectivity index (χ1v) is 12.7. The van der Waals surface area contributed by atoms with Crippen molar-refractivity contribution in [3.05, 3.63) is 93.5 Å². The van der Waals surface area contributed by atoms with Gasteiger partial charge in [-0.2, -0.15) is 0 Å². The van der Waals surface area contributed by atoms with Crippen LogP contribution in [0.5, 0.6) is 5.75 Å². The van der Waals surface area contributed by atoms with Gasteiger partial charge in [0, 0.05) is 33.3 Å². The van der Waals surface area contributed by atoms with Crippen molar-refractivity contribution in [1.29, 1.82) is 0 Å². The van der Waals surface area contributed by atoms with Crippen LogP contribution in [0.15, 0.2) is 66.7 Å². The van der Waals surface area contributed by atoms with Crippen LogP contribution < -0.4 is 10.1 Å². The van der Waals surface area contributed by atoms with E-state index >= 15 is 0 Å². The number of halogens is 2. The van der Waals surface area contributed by atoms with Crippen LogP contribution >= 0.6 is 23.2 Å². The average molecular weight is 505 g/mol. The topological polar surface area (TPSA) is 58.6 Å². The van der Waals surface area contributed by atoms with Crippen LogP contribution in [0, 0.1) is 0 Å². The molecule has 0 aromatic heterocycles. The lowest BCUT2D eigenvalue weighted by Crippen LogP contribution is -2.65. The molecule has 35 heavy (non-hydrogen) atoms. The predicted octanol–water partition coefficient (Wildman–Crippen LogP) is 5.81. The number of amides is 1. The normalized spacial score (nSPS) is 30.8. The molecule has 1 amide bonds. The Hall–Kier alpha value is -2.86. The monoisotopic (exact) mass is 504 g/mol. The minimum absolute atomic E-state index is 0.0705. The molecule has 3 aromatic carbocycles. The Morgan fingerprint density at radius 2 is 1.71 bits per heavy atom. The average Bonchev–Trinajstić information content (AvgIpc) is 3.42. The van der Waals surface area contributed by atoms with Crippen LogP contribution in [0.2, 0.25) is 10.0 Å². The Morgan fingerprint density at radius 3 is 2.51 bits per heavy atom. The molecule has 2 spiro atoms. The number of carbonyl (C=O) groups excluding carboxylic acids is 2. The van der Waals surface area contributed by atoms with Gasteiger partial charge >= 0.3 is 0 Å². The molecule has 7 heteroatoms. The van der Waals surface area contributed by atoms with Crippen LogP contribution in [0.4, 0.5) is 5.69 Å². The third kappa shape index (κ3) is 2.53. The second-order valence-electron chi connectivity index (χ2n) is 9.80. The van der Waals surface area contributed by atoms with E-state index in [0.717, 1.165) is 24.8 Å². The summed E-state index contributed by atoms with van der Waals surface area (Å²) in [5, 5.41) is 4.21. The van der Waals surface area contributed by atoms with Crippen LogP contribution in [0.3, 0.4) is 0 Å². The van der Waals surface area contributed by atoms with Gasteiger partial charge in [-0.3, -0.25) is 14.5 Å². The van der Waals surface area contributed by atoms with Crippen molar-refractivity contribution in [3.63, 3.8) is 0 Å². The number of nitrogens with one attached hydrogen (secondary N) is 1. The molecule has 4 aliphatic rings. The molecule has 0 aliphatic carbocycles. The number of ketones is 1. The van der Waals surface area contributed by atoms with Gasteiger partial charge in [0.25, 0.3) is 5.91 Å². The summed E-state index contributed by atoms with van der Waals surface area (Å²) >= 11 is 12.8. The Labute approximate surface area is 213 Å². The van der Waals surface area contributed by atoms with E-state index in [1.807, 2.05) is 54.6 Å². The lowest BCUT2D eigenvalue weighted by atomic mass is 9.66. The summed E-state index contributed by atoms with van der Waals surface area (Å²) in [5.74, 6) is -0.265. The number of fused-ring (bicyclic) bond motifs is 6. The third-order valence-corrected chi connectivity index (χ3v) is 8.74. The zero-order chi connectivity index (χ0) is 23.9. The number of para-hydroxylation sites is 1. The fourth-order valence-corrected chi connectivity index (χ4v) is 7.37. The Balaban J connectivity index is 1.59. The molecule has 0 bridgehead atoms. The standard InChI is InChI=1S/C28H22Cl2N2O3/c29-17-10-8-16(9-11-17)24-22-6-3-4-14-32(22)27(20-15-18(30)12-13-21(20)31-26(27)34)28(24)25(33)19-5-1-2-7-23(19)35-28/h1-2,5,7-13,15,22,24H,3-4,6,14H2,(H,31,34). The van der Waals surface area contributed by atoms with Gasteiger partial charge in [0.1, 0.15) is 5.75 Å². The molecule has 5 nitrogen and oxygen atoms in total. The fraction of sp³-hybridized carbons (Fsp3) is 0.286. The molecule has 4 aliphatic heterocycles. The molecule has 1 N–H and O–H groups in total. The lowest BCUT2D eigenvalue weighted by molar-refractivity contribution is -0.135. The maximum absolute atomic E-state index is 14.6. The van der Waals surface area contributed by atoms with E-state index in [1.54, 1.807) is 12.1 Å². The number of ether oxygens (including phenoxy) is 1. The van der Waals surface area contributed by atoms with Crippen molar-refractivity contribution in [3.8, 4) is 5.75 Å². The predicted molar refractivity (Wildman–Crippen MR) is 134 cm³/mol. The summed E-state index contributed by atoms with van der Waals surface area (Å²) in [4.78, 5) is 31.1. The zero-order valence-corrected chi connectivity index (χ0v) is 20.3. The Morgan fingerprint density at radius 1 is 0.943 bits per heavy atom. The van der Waals surface area contributed by atoms with E-state index in [4.69, 9.17) is 27.9 Å². The second-order valence-corrected chi connectivity index (χ2v) is 10.7. The van der Waals surface area contributed by atoms with Crippen molar-refractivity contribution in [2.24, 2.45) is 0 Å². The number of piperidine rings is 1. The molecular formula is C28H22Cl2N2O3. The smallest absolute Gasteiger partial charge is 0.254 e. The summed E-state index contributed by atoms with van der Waals surface area (Å²) in [6, 6.07) is 20.3. The first kappa shape index (κ1) is 21.4. The molecule has 7 rings (SSSR count). The molecular weight excluding hydrogens is 483 g/mol. The number of Topliss-reactive ketones (excluding diaryl/α,β-unsaturated/α-hetero) is 1. The fourth-order valence-electron chi connectivity index (χ4n) is 7.08. The maximum atomic E-state index is 14.6. The summed E-state index contributed by atoms with van der Waals surface area (Å²) in [6.07, 6.45) is 2.81. The van der Waals surface area contributed by atoms with E-state index in [-0.39, 0.29) is 23.7 Å². The first-order chi connectivity index (χ1) is 17.0. The number of rotatable bonds is 1. The quantitative estimate of drug-likeness (QED) is 0.454. The summed E-state index contributed by atoms with van der Waals surface area (Å²) in [5.41, 5.74) is -0.00792. The molecule has 3 aromatic rings. The third-order valence-electron chi connectivity index (χ3n) is 8.26. The number of hydrogen-bond acceptors (Lipinski definition) is 4. The largest absolute Gasteiger partial charge is 0.475 e. The van der Waals surface area contributed by atoms with E-state index in [1.165, 1.54) is 0 Å². The van der Waals surface area contributed by atoms with E-state index < -0.39 is 11.1 Å². The van der Waals surface area contributed by atoms with Gasteiger partial charge in [-0.25, -0.2) is 0 Å². The summed E-state index contributed by atoms with van der Waals surface area (Å²) in [7, 11) is 0. The van der Waals surface area contributed by atoms with Crippen LogP contribution in [-0.4, -0.2) is 34.8 Å². The van der Waals surface area contributed by atoms with Crippen molar-refractivity contribution >= 4 is 40.6 Å². The summed E-state index contributed by atoms with van der Waals surface area (Å²) < 4.78 is 6.83. The zero-order valence-electron chi connectivity index (χ0n) is 18.8. The molecule has 0 saturated carbocycles. The molecule has 4 heterocycles. The SMILES string of the molecule is O=C1c2ccccc2OC12C(c1ccc(Cl)cc1)C1CCCCN1C21C(=O)Nc2ccc(Cl)cc21. The summed E-state index contributed by atoms with van der Waals surface area (Å²) in [6.45, 7) is 0.683. The number of anilines is 1. The minimum Gasteiger partial charge on any atom is -0.475 e. The van der Waals surface area contributed by atoms with Crippen molar-refractivity contribution in [2.75, 3.05) is 11.9 Å². The van der Waals surface area contributed by atoms with Gasteiger partial charge in [0.05, 0.1) is 5.56 Å². The van der Waals surface area contributed by atoms with E-state index in [2.05, 4.69) is 10.2 Å². The number of benzene rings is 3. The molecule has 2 saturated heterocycles. The van der Waals surface area contributed by atoms with Gasteiger partial charge < -0.3 is 10.1 Å². The highest BCUT2D eigenvalue weighted by Crippen LogP contribution is 2.66. The van der Waals surface area contributed by atoms with E-state index in [9.17, 15) is 9.59 Å². The first-order valence-electron chi connectivity index (χ1n) is 11.9. The van der Waals surface area contributed by atoms with Crippen LogP contribution in [0.25, 0.3) is 0 Å². The lowest BCUT2D eigenvalue weighted by Gasteiger charge is -2.44. The highest BCUT2D eigenvalue weighted by atomic mass is 35.5. The van der Waals surface area contributed by atoms with E-state index in [0.29, 0.717) is 39.2 Å². The highest BCUT2D eigenvalue weighted by molar-refractivity contribution is 6.31. The number of nitrogens with zero attached hydrogens (tertiary/aromatic N) is 1. The minimum atomic E-state index is -1.49. The van der Waals surface area contributed by atoms with Crippen LogP contribution in [0.1, 0.15) is 46.7 Å². The van der Waals surface area contributed by atoms with Crippen LogP contribution in [-0.2, 0) is 10.3 Å². The molecule has 4 unspecified atom stereocenters. The maximum Gasteiger partial charge on any atom is 0.254 e. The van der Waals surface area contributed by atoms with Gasteiger partial charge in [-0.05, 0) is 67.4 Å². The van der Waals surface area contributed by atoms with Gasteiger partial charge in [0.2, 0.25) is 11.4 Å². The van der Waals surface area contributed by atoms with Gasteiger partial charge in [0.15, 0.2) is 5.54 Å². The molecule has 0 radical (unpaired) electrons. The van der Waals surface area contributed by atoms with Crippen molar-refractivity contribution in [1.82, 2.24) is 4.90 Å². The molecule has 4 atom stereocenters. The highest BCUT2D eigenvalue weighted by Gasteiger charge is 2.81. The van der Waals surface area contributed by atoms with Crippen molar-refractivity contribution < 1.29 is 14.3 Å². The molecule has 2 fully saturated rings. The number of hydrogen-bond donors (Lipinski definition) is 1. The second kappa shape index (κ2) is 7.33.